The van der Waals surface area contributed by atoms with Gasteiger partial charge in [0, 0.05) is 6.04 Å². The van der Waals surface area contributed by atoms with E-state index in [9.17, 15) is 13.5 Å². The van der Waals surface area contributed by atoms with E-state index in [1.54, 1.807) is 19.9 Å². The lowest BCUT2D eigenvalue weighted by Crippen LogP contribution is -2.34. The molecule has 0 aliphatic heterocycles. The lowest BCUT2D eigenvalue weighted by Gasteiger charge is -2.14. The van der Waals surface area contributed by atoms with Gasteiger partial charge < -0.3 is 14.8 Å². The van der Waals surface area contributed by atoms with Crippen molar-refractivity contribution in [1.29, 1.82) is 0 Å². The molecule has 0 saturated carbocycles. The average Bonchev–Trinajstić information content (AvgIpc) is 2.73. The zero-order valence-corrected chi connectivity index (χ0v) is 12.3. The molecule has 3 N–H and O–H groups in total. The maximum atomic E-state index is 12.0. The second-order valence-electron chi connectivity index (χ2n) is 4.61. The molecule has 6 nitrogen and oxygen atoms in total. The molecule has 2 unspecified atom stereocenters. The Balaban J connectivity index is 2.69. The molecule has 7 heteroatoms. The van der Waals surface area contributed by atoms with Gasteiger partial charge in [0.1, 0.15) is 5.76 Å². The highest BCUT2D eigenvalue weighted by atomic mass is 32.2. The predicted molar refractivity (Wildman–Crippen MR) is 72.2 cm³/mol. The average molecular weight is 290 g/mol. The van der Waals surface area contributed by atoms with Crippen molar-refractivity contribution in [2.45, 2.75) is 51.0 Å². The highest BCUT2D eigenvalue weighted by Crippen LogP contribution is 2.14. The third-order valence-corrected chi connectivity index (χ3v) is 3.96. The zero-order valence-electron chi connectivity index (χ0n) is 11.5. The van der Waals surface area contributed by atoms with Gasteiger partial charge in [-0.15, -0.1) is 0 Å². The predicted octanol–water partition coefficient (Wildman–Crippen LogP) is 0.827. The molecule has 1 aromatic heterocycles. The summed E-state index contributed by atoms with van der Waals surface area (Å²) < 4.78 is 31.8. The lowest BCUT2D eigenvalue weighted by molar-refractivity contribution is 0.174. The van der Waals surface area contributed by atoms with Gasteiger partial charge in [0.05, 0.1) is 12.6 Å². The third kappa shape index (κ3) is 5.32. The van der Waals surface area contributed by atoms with E-state index in [-0.39, 0.29) is 11.1 Å². The van der Waals surface area contributed by atoms with E-state index in [0.29, 0.717) is 18.7 Å². The highest BCUT2D eigenvalue weighted by Gasteiger charge is 2.21. The van der Waals surface area contributed by atoms with Crippen molar-refractivity contribution in [3.05, 3.63) is 17.9 Å². The minimum Gasteiger partial charge on any atom is -0.447 e. The molecule has 1 heterocycles. The van der Waals surface area contributed by atoms with Crippen LogP contribution in [0.15, 0.2) is 21.6 Å². The second-order valence-corrected chi connectivity index (χ2v) is 6.25. The first-order valence-electron chi connectivity index (χ1n) is 6.35. The van der Waals surface area contributed by atoms with Crippen LogP contribution in [0.5, 0.6) is 0 Å². The molecule has 0 aliphatic carbocycles. The summed E-state index contributed by atoms with van der Waals surface area (Å²) in [4.78, 5) is 0. The Morgan fingerprint density at radius 3 is 2.63 bits per heavy atom. The summed E-state index contributed by atoms with van der Waals surface area (Å²) in [5.74, 6) is 0.574. The van der Waals surface area contributed by atoms with Crippen molar-refractivity contribution in [2.24, 2.45) is 0 Å². The number of hydrogen-bond acceptors (Lipinski definition) is 5. The van der Waals surface area contributed by atoms with E-state index in [1.807, 2.05) is 6.92 Å². The molecule has 19 heavy (non-hydrogen) atoms. The van der Waals surface area contributed by atoms with Crippen LogP contribution < -0.4 is 10.0 Å². The summed E-state index contributed by atoms with van der Waals surface area (Å²) >= 11 is 0. The number of rotatable bonds is 8. The molecule has 0 aliphatic rings. The van der Waals surface area contributed by atoms with E-state index in [0.717, 1.165) is 6.54 Å². The SMILES string of the molecule is CCNCc1ccc(S(=O)(=O)NC(C)CC(C)O)o1. The number of aliphatic hydroxyl groups excluding tert-OH is 1. The van der Waals surface area contributed by atoms with Crippen LogP contribution in [0.3, 0.4) is 0 Å². The van der Waals surface area contributed by atoms with Gasteiger partial charge in [-0.05, 0) is 38.9 Å². The van der Waals surface area contributed by atoms with E-state index in [1.165, 1.54) is 6.07 Å². The van der Waals surface area contributed by atoms with Crippen LogP contribution in [0.25, 0.3) is 0 Å². The second kappa shape index (κ2) is 7.04. The molecule has 0 amide bonds. The quantitative estimate of drug-likeness (QED) is 0.659. The number of furan rings is 1. The fraction of sp³-hybridized carbons (Fsp3) is 0.667. The number of sulfonamides is 1. The fourth-order valence-corrected chi connectivity index (χ4v) is 2.93. The molecule has 0 saturated heterocycles. The summed E-state index contributed by atoms with van der Waals surface area (Å²) in [6.45, 7) is 6.56. The molecular weight excluding hydrogens is 268 g/mol. The Labute approximate surface area is 114 Å². The molecule has 0 fully saturated rings. The first kappa shape index (κ1) is 16.2. The van der Waals surface area contributed by atoms with Gasteiger partial charge >= 0.3 is 0 Å². The standard InChI is InChI=1S/C12H22N2O4S/c1-4-13-8-11-5-6-12(18-11)19(16,17)14-9(2)7-10(3)15/h5-6,9-10,13-15H,4,7-8H2,1-3H3. The van der Waals surface area contributed by atoms with E-state index in [4.69, 9.17) is 4.42 Å². The molecule has 0 aromatic carbocycles. The summed E-state index contributed by atoms with van der Waals surface area (Å²) in [5.41, 5.74) is 0. The molecule has 2 atom stereocenters. The van der Waals surface area contributed by atoms with Crippen LogP contribution in [-0.4, -0.2) is 32.2 Å². The summed E-state index contributed by atoms with van der Waals surface area (Å²) in [5, 5.41) is 12.2. The van der Waals surface area contributed by atoms with Crippen molar-refractivity contribution >= 4 is 10.0 Å². The molecule has 0 radical (unpaired) electrons. The van der Waals surface area contributed by atoms with Crippen LogP contribution in [0.2, 0.25) is 0 Å². The maximum Gasteiger partial charge on any atom is 0.274 e. The monoisotopic (exact) mass is 290 g/mol. The minimum atomic E-state index is -3.66. The van der Waals surface area contributed by atoms with Crippen LogP contribution in [0, 0.1) is 0 Å². The number of nitrogens with one attached hydrogen (secondary N) is 2. The smallest absolute Gasteiger partial charge is 0.274 e. The Kier molecular flexibility index (Phi) is 5.99. The van der Waals surface area contributed by atoms with Crippen molar-refractivity contribution in [2.75, 3.05) is 6.54 Å². The van der Waals surface area contributed by atoms with Gasteiger partial charge in [0.2, 0.25) is 5.09 Å². The zero-order chi connectivity index (χ0) is 14.5. The van der Waals surface area contributed by atoms with E-state index < -0.39 is 16.1 Å². The third-order valence-electron chi connectivity index (χ3n) is 2.50. The molecule has 1 aromatic rings. The summed E-state index contributed by atoms with van der Waals surface area (Å²) in [6.07, 6.45) is -0.205. The van der Waals surface area contributed by atoms with Crippen molar-refractivity contribution in [3.8, 4) is 0 Å². The van der Waals surface area contributed by atoms with Gasteiger partial charge in [-0.25, -0.2) is 13.1 Å². The molecule has 0 bridgehead atoms. The van der Waals surface area contributed by atoms with Crippen molar-refractivity contribution in [3.63, 3.8) is 0 Å². The van der Waals surface area contributed by atoms with Crippen LogP contribution in [0.4, 0.5) is 0 Å². The minimum absolute atomic E-state index is 0.0992. The Bertz CT molecular complexity index is 482. The number of aliphatic hydroxyl groups is 1. The van der Waals surface area contributed by atoms with E-state index >= 15 is 0 Å². The van der Waals surface area contributed by atoms with Gasteiger partial charge in [-0.1, -0.05) is 6.92 Å². The molecule has 110 valence electrons. The van der Waals surface area contributed by atoms with Gasteiger partial charge in [-0.3, -0.25) is 0 Å². The van der Waals surface area contributed by atoms with Crippen LogP contribution in [0.1, 0.15) is 33.0 Å². The van der Waals surface area contributed by atoms with Gasteiger partial charge in [-0.2, -0.15) is 0 Å². The fourth-order valence-electron chi connectivity index (χ4n) is 1.73. The van der Waals surface area contributed by atoms with Crippen molar-refractivity contribution < 1.29 is 17.9 Å². The normalized spacial score (nSPS) is 15.4. The summed E-state index contributed by atoms with van der Waals surface area (Å²) in [7, 11) is -3.66. The first-order valence-corrected chi connectivity index (χ1v) is 7.83. The topological polar surface area (TPSA) is 91.6 Å². The molecule has 1 rings (SSSR count). The molecule has 0 spiro atoms. The largest absolute Gasteiger partial charge is 0.447 e. The lowest BCUT2D eigenvalue weighted by atomic mass is 10.2. The first-order chi connectivity index (χ1) is 8.85. The molecular formula is C12H22N2O4S. The maximum absolute atomic E-state index is 12.0. The van der Waals surface area contributed by atoms with Gasteiger partial charge in [0.25, 0.3) is 10.0 Å². The summed E-state index contributed by atoms with van der Waals surface area (Å²) in [6, 6.07) is 2.72. The van der Waals surface area contributed by atoms with Crippen LogP contribution in [-0.2, 0) is 16.6 Å². The van der Waals surface area contributed by atoms with E-state index in [2.05, 4.69) is 10.0 Å². The van der Waals surface area contributed by atoms with Crippen LogP contribution >= 0.6 is 0 Å². The Morgan fingerprint density at radius 2 is 2.05 bits per heavy atom. The highest BCUT2D eigenvalue weighted by molar-refractivity contribution is 7.89. The van der Waals surface area contributed by atoms with Crippen molar-refractivity contribution in [1.82, 2.24) is 10.0 Å². The van der Waals surface area contributed by atoms with Gasteiger partial charge in [0.15, 0.2) is 0 Å². The Morgan fingerprint density at radius 1 is 1.37 bits per heavy atom. The Hall–Kier alpha value is -0.890. The number of hydrogen-bond donors (Lipinski definition) is 3.